The molecule has 0 unspecified atom stereocenters. The Balaban J connectivity index is 3.46. The summed E-state index contributed by atoms with van der Waals surface area (Å²) in [4.78, 5) is 23.6. The van der Waals surface area contributed by atoms with E-state index in [4.69, 9.17) is 0 Å². The van der Waals surface area contributed by atoms with Crippen LogP contribution in [-0.4, -0.2) is 11.6 Å². The number of Topliss-reactive ketones (excluding diaryl/α,β-unsaturated/α-hetero) is 2. The lowest BCUT2D eigenvalue weighted by Gasteiger charge is -2.17. The highest BCUT2D eigenvalue weighted by molar-refractivity contribution is 5.83. The van der Waals surface area contributed by atoms with Crippen molar-refractivity contribution in [2.45, 2.75) is 112 Å². The summed E-state index contributed by atoms with van der Waals surface area (Å²) < 4.78 is 0. The van der Waals surface area contributed by atoms with Crippen LogP contribution in [0.3, 0.4) is 0 Å². The van der Waals surface area contributed by atoms with Gasteiger partial charge in [0.05, 0.1) is 0 Å². The average molecular weight is 325 g/mol. The number of rotatable bonds is 12. The van der Waals surface area contributed by atoms with Crippen molar-refractivity contribution in [3.05, 3.63) is 0 Å². The molecule has 0 saturated carbocycles. The second kappa shape index (κ2) is 11.0. The maximum atomic E-state index is 11.8. The first-order valence-electron chi connectivity index (χ1n) is 9.57. The van der Waals surface area contributed by atoms with Crippen molar-refractivity contribution < 1.29 is 9.59 Å². The number of carbonyl (C=O) groups is 2. The molecule has 0 fully saturated rings. The lowest BCUT2D eigenvalue weighted by Crippen LogP contribution is -2.19. The predicted molar refractivity (Wildman–Crippen MR) is 99.7 cm³/mol. The van der Waals surface area contributed by atoms with Gasteiger partial charge in [0, 0.05) is 24.7 Å². The zero-order valence-electron chi connectivity index (χ0n) is 16.6. The molecule has 0 radical (unpaired) electrons. The monoisotopic (exact) mass is 324 g/mol. The Labute approximate surface area is 144 Å². The summed E-state index contributed by atoms with van der Waals surface area (Å²) in [5, 5.41) is 0. The standard InChI is InChI=1S/C21H40O2/c1-20(2,3)17-13-9-11-15-18(22)14-10-7-8-12-16-19(23)21(4,5)6/h7-17H2,1-6H3. The smallest absolute Gasteiger partial charge is 0.138 e. The molecule has 0 spiro atoms. The van der Waals surface area contributed by atoms with Gasteiger partial charge in [0.2, 0.25) is 0 Å². The van der Waals surface area contributed by atoms with Crippen LogP contribution in [0.15, 0.2) is 0 Å². The number of hydrogen-bond acceptors (Lipinski definition) is 2. The Morgan fingerprint density at radius 3 is 1.48 bits per heavy atom. The fraction of sp³-hybridized carbons (Fsp3) is 0.905. The van der Waals surface area contributed by atoms with Gasteiger partial charge in [0.25, 0.3) is 0 Å². The molecule has 0 aromatic rings. The summed E-state index contributed by atoms with van der Waals surface area (Å²) in [7, 11) is 0. The largest absolute Gasteiger partial charge is 0.300 e. The minimum atomic E-state index is -0.205. The van der Waals surface area contributed by atoms with Crippen molar-refractivity contribution in [1.29, 1.82) is 0 Å². The van der Waals surface area contributed by atoms with Gasteiger partial charge in [-0.1, -0.05) is 67.2 Å². The molecule has 0 aliphatic heterocycles. The quantitative estimate of drug-likeness (QED) is 0.383. The fourth-order valence-electron chi connectivity index (χ4n) is 2.62. The molecule has 0 amide bonds. The van der Waals surface area contributed by atoms with Crippen molar-refractivity contribution in [3.63, 3.8) is 0 Å². The zero-order chi connectivity index (χ0) is 17.9. The van der Waals surface area contributed by atoms with E-state index >= 15 is 0 Å². The lowest BCUT2D eigenvalue weighted by atomic mass is 9.87. The highest BCUT2D eigenvalue weighted by Crippen LogP contribution is 2.22. The molecule has 2 nitrogen and oxygen atoms in total. The van der Waals surface area contributed by atoms with Crippen molar-refractivity contribution in [2.24, 2.45) is 10.8 Å². The minimum Gasteiger partial charge on any atom is -0.300 e. The molecule has 0 saturated heterocycles. The van der Waals surface area contributed by atoms with Gasteiger partial charge < -0.3 is 0 Å². The number of hydrogen-bond donors (Lipinski definition) is 0. The highest BCUT2D eigenvalue weighted by atomic mass is 16.1. The van der Waals surface area contributed by atoms with Crippen LogP contribution in [0, 0.1) is 10.8 Å². The molecule has 2 heteroatoms. The van der Waals surface area contributed by atoms with E-state index in [9.17, 15) is 9.59 Å². The molecule has 0 aliphatic carbocycles. The summed E-state index contributed by atoms with van der Waals surface area (Å²) in [5.41, 5.74) is 0.210. The summed E-state index contributed by atoms with van der Waals surface area (Å²) in [6.07, 6.45) is 11.0. The molecule has 23 heavy (non-hydrogen) atoms. The molecule has 0 heterocycles. The Morgan fingerprint density at radius 1 is 0.609 bits per heavy atom. The third kappa shape index (κ3) is 14.7. The Bertz CT molecular complexity index is 342. The molecule has 0 aliphatic rings. The highest BCUT2D eigenvalue weighted by Gasteiger charge is 2.19. The first-order valence-corrected chi connectivity index (χ1v) is 9.57. The van der Waals surface area contributed by atoms with Gasteiger partial charge >= 0.3 is 0 Å². The van der Waals surface area contributed by atoms with Crippen LogP contribution in [0.4, 0.5) is 0 Å². The van der Waals surface area contributed by atoms with E-state index in [-0.39, 0.29) is 5.41 Å². The molecular formula is C21H40O2. The number of unbranched alkanes of at least 4 members (excludes halogenated alkanes) is 5. The molecule has 0 aromatic heterocycles. The summed E-state index contributed by atoms with van der Waals surface area (Å²) in [5.74, 6) is 0.773. The van der Waals surface area contributed by atoms with E-state index in [1.807, 2.05) is 20.8 Å². The van der Waals surface area contributed by atoms with Crippen LogP contribution in [-0.2, 0) is 9.59 Å². The van der Waals surface area contributed by atoms with Crippen molar-refractivity contribution in [3.8, 4) is 0 Å². The average Bonchev–Trinajstić information content (AvgIpc) is 2.39. The van der Waals surface area contributed by atoms with E-state index in [0.717, 1.165) is 44.9 Å². The van der Waals surface area contributed by atoms with Crippen LogP contribution in [0.25, 0.3) is 0 Å². The first kappa shape index (κ1) is 22.3. The fourth-order valence-corrected chi connectivity index (χ4v) is 2.62. The van der Waals surface area contributed by atoms with Gasteiger partial charge in [-0.05, 0) is 31.1 Å². The zero-order valence-corrected chi connectivity index (χ0v) is 16.6. The lowest BCUT2D eigenvalue weighted by molar-refractivity contribution is -0.126. The van der Waals surface area contributed by atoms with Crippen LogP contribution in [0.5, 0.6) is 0 Å². The Kier molecular flexibility index (Phi) is 10.7. The van der Waals surface area contributed by atoms with E-state index in [1.54, 1.807) is 0 Å². The first-order chi connectivity index (χ1) is 10.5. The maximum absolute atomic E-state index is 11.8. The second-order valence-electron chi connectivity index (χ2n) is 9.25. The third-order valence-electron chi connectivity index (χ3n) is 4.33. The van der Waals surface area contributed by atoms with Crippen LogP contribution < -0.4 is 0 Å². The Hall–Kier alpha value is -0.660. The van der Waals surface area contributed by atoms with E-state index in [0.29, 0.717) is 23.4 Å². The van der Waals surface area contributed by atoms with Crippen molar-refractivity contribution in [1.82, 2.24) is 0 Å². The molecular weight excluding hydrogens is 284 g/mol. The van der Waals surface area contributed by atoms with Gasteiger partial charge in [-0.2, -0.15) is 0 Å². The van der Waals surface area contributed by atoms with Crippen molar-refractivity contribution >= 4 is 11.6 Å². The number of ketones is 2. The number of carbonyl (C=O) groups excluding carboxylic acids is 2. The molecule has 136 valence electrons. The predicted octanol–water partition coefficient (Wildman–Crippen LogP) is 6.51. The normalized spacial score (nSPS) is 12.4. The molecule has 0 N–H and O–H groups in total. The summed E-state index contributed by atoms with van der Waals surface area (Å²) in [6, 6.07) is 0. The van der Waals surface area contributed by atoms with E-state index in [1.165, 1.54) is 19.3 Å². The van der Waals surface area contributed by atoms with Gasteiger partial charge in [-0.15, -0.1) is 0 Å². The molecule has 0 rings (SSSR count). The van der Waals surface area contributed by atoms with Gasteiger partial charge in [0.15, 0.2) is 0 Å². The molecule has 0 aromatic carbocycles. The van der Waals surface area contributed by atoms with Crippen LogP contribution >= 0.6 is 0 Å². The van der Waals surface area contributed by atoms with E-state index < -0.39 is 0 Å². The summed E-state index contributed by atoms with van der Waals surface area (Å²) in [6.45, 7) is 12.8. The Morgan fingerprint density at radius 2 is 1.04 bits per heavy atom. The van der Waals surface area contributed by atoms with Gasteiger partial charge in [-0.3, -0.25) is 9.59 Å². The molecule has 0 atom stereocenters. The topological polar surface area (TPSA) is 34.1 Å². The van der Waals surface area contributed by atoms with Crippen molar-refractivity contribution in [2.75, 3.05) is 0 Å². The minimum absolute atomic E-state index is 0.205. The van der Waals surface area contributed by atoms with Crippen LogP contribution in [0.2, 0.25) is 0 Å². The SMILES string of the molecule is CC(C)(C)CCCCCC(=O)CCCCCCC(=O)C(C)(C)C. The molecule has 0 bridgehead atoms. The van der Waals surface area contributed by atoms with Crippen LogP contribution in [0.1, 0.15) is 112 Å². The third-order valence-corrected chi connectivity index (χ3v) is 4.33. The van der Waals surface area contributed by atoms with E-state index in [2.05, 4.69) is 20.8 Å². The maximum Gasteiger partial charge on any atom is 0.138 e. The summed E-state index contributed by atoms with van der Waals surface area (Å²) >= 11 is 0. The van der Waals surface area contributed by atoms with Gasteiger partial charge in [-0.25, -0.2) is 0 Å². The second-order valence-corrected chi connectivity index (χ2v) is 9.25. The van der Waals surface area contributed by atoms with Gasteiger partial charge in [0.1, 0.15) is 11.6 Å².